The van der Waals surface area contributed by atoms with Crippen molar-refractivity contribution in [3.8, 4) is 0 Å². The Balaban J connectivity index is 2.07. The van der Waals surface area contributed by atoms with Crippen LogP contribution in [0.5, 0.6) is 0 Å². The summed E-state index contributed by atoms with van der Waals surface area (Å²) in [5.41, 5.74) is 3.50. The number of aromatic nitrogens is 2. The lowest BCUT2D eigenvalue weighted by Crippen LogP contribution is -1.95. The van der Waals surface area contributed by atoms with Crippen molar-refractivity contribution in [3.05, 3.63) is 59.4 Å². The van der Waals surface area contributed by atoms with Crippen molar-refractivity contribution in [2.45, 2.75) is 39.5 Å². The number of aryl methyl sites for hydroxylation is 2. The van der Waals surface area contributed by atoms with Gasteiger partial charge in [-0.15, -0.1) is 0 Å². The van der Waals surface area contributed by atoms with E-state index in [1.165, 1.54) is 24.5 Å². The summed E-state index contributed by atoms with van der Waals surface area (Å²) in [6.45, 7) is 4.06. The molecule has 0 spiro atoms. The summed E-state index contributed by atoms with van der Waals surface area (Å²) in [6, 6.07) is 8.50. The monoisotopic (exact) mass is 338 g/mol. The first-order valence-corrected chi connectivity index (χ1v) is 8.77. The van der Waals surface area contributed by atoms with Gasteiger partial charge in [-0.05, 0) is 43.5 Å². The molecule has 0 aliphatic heterocycles. The summed E-state index contributed by atoms with van der Waals surface area (Å²) < 4.78 is 30.4. The van der Waals surface area contributed by atoms with E-state index in [0.29, 0.717) is 16.4 Å². The fourth-order valence-electron chi connectivity index (χ4n) is 3.62. The second kappa shape index (κ2) is 6.10. The lowest BCUT2D eigenvalue weighted by Gasteiger charge is -2.11. The highest BCUT2D eigenvalue weighted by atomic mass is 19.1. The third-order valence-corrected chi connectivity index (χ3v) is 4.78. The second-order valence-corrected chi connectivity index (χ2v) is 6.69. The van der Waals surface area contributed by atoms with E-state index in [4.69, 9.17) is 0 Å². The molecule has 2 aromatic heterocycles. The number of imidazole rings is 1. The Labute approximate surface area is 145 Å². The van der Waals surface area contributed by atoms with Crippen molar-refractivity contribution in [2.75, 3.05) is 0 Å². The van der Waals surface area contributed by atoms with Crippen LogP contribution in [0.4, 0.5) is 8.78 Å². The van der Waals surface area contributed by atoms with Gasteiger partial charge in [0.25, 0.3) is 0 Å². The van der Waals surface area contributed by atoms with Crippen LogP contribution < -0.4 is 0 Å². The molecule has 2 aromatic carbocycles. The number of nitrogens with zero attached hydrogens (tertiary/aromatic N) is 2. The molecule has 0 radical (unpaired) electrons. The van der Waals surface area contributed by atoms with Gasteiger partial charge in [-0.2, -0.15) is 0 Å². The molecular formula is C21H20F2N2. The molecule has 4 heteroatoms. The van der Waals surface area contributed by atoms with Gasteiger partial charge in [-0.1, -0.05) is 25.8 Å². The maximum atomic E-state index is 14.7. The fourth-order valence-corrected chi connectivity index (χ4v) is 3.62. The minimum absolute atomic E-state index is 0.451. The minimum atomic E-state index is -0.578. The molecule has 4 aromatic rings. The molecule has 128 valence electrons. The van der Waals surface area contributed by atoms with Crippen molar-refractivity contribution in [2.24, 2.45) is 0 Å². The predicted octanol–water partition coefficient (Wildman–Crippen LogP) is 5.96. The molecule has 0 bridgehead atoms. The minimum Gasteiger partial charge on any atom is -0.299 e. The highest BCUT2D eigenvalue weighted by Gasteiger charge is 2.15. The van der Waals surface area contributed by atoms with Crippen LogP contribution >= 0.6 is 0 Å². The average molecular weight is 338 g/mol. The number of halogens is 2. The SMILES string of the molecule is CCCCCc1ccc2c(c1)c1c(F)cc(F)cc1c1nc(C)cn21. The first kappa shape index (κ1) is 16.0. The normalized spacial score (nSPS) is 11.8. The zero-order chi connectivity index (χ0) is 17.6. The van der Waals surface area contributed by atoms with Gasteiger partial charge in [-0.25, -0.2) is 13.8 Å². The van der Waals surface area contributed by atoms with E-state index in [1.54, 1.807) is 0 Å². The van der Waals surface area contributed by atoms with E-state index in [-0.39, 0.29) is 0 Å². The Morgan fingerprint density at radius 3 is 2.68 bits per heavy atom. The largest absolute Gasteiger partial charge is 0.299 e. The van der Waals surface area contributed by atoms with E-state index in [0.717, 1.165) is 35.5 Å². The molecule has 25 heavy (non-hydrogen) atoms. The lowest BCUT2D eigenvalue weighted by molar-refractivity contribution is 0.592. The number of hydrogen-bond donors (Lipinski definition) is 0. The molecule has 2 heterocycles. The zero-order valence-corrected chi connectivity index (χ0v) is 14.4. The first-order chi connectivity index (χ1) is 12.1. The topological polar surface area (TPSA) is 17.3 Å². The number of hydrogen-bond acceptors (Lipinski definition) is 1. The zero-order valence-electron chi connectivity index (χ0n) is 14.4. The Kier molecular flexibility index (Phi) is 3.91. The molecule has 0 aliphatic rings. The van der Waals surface area contributed by atoms with Crippen LogP contribution in [0.2, 0.25) is 0 Å². The standard InChI is InChI=1S/C21H20F2N2/c1-3-4-5-6-14-7-8-19-16(9-14)20-17(10-15(22)11-18(20)23)21-24-13(2)12-25(19)21/h7-12H,3-6H2,1-2H3. The van der Waals surface area contributed by atoms with Crippen LogP contribution in [-0.4, -0.2) is 9.38 Å². The van der Waals surface area contributed by atoms with E-state index in [1.807, 2.05) is 29.7 Å². The van der Waals surface area contributed by atoms with Gasteiger partial charge in [0.15, 0.2) is 0 Å². The summed E-state index contributed by atoms with van der Waals surface area (Å²) in [4.78, 5) is 4.49. The van der Waals surface area contributed by atoms with Crippen molar-refractivity contribution in [1.29, 1.82) is 0 Å². The molecule has 0 fully saturated rings. The summed E-state index contributed by atoms with van der Waals surface area (Å²) in [5, 5.41) is 1.78. The smallest absolute Gasteiger partial charge is 0.145 e. The maximum absolute atomic E-state index is 14.7. The summed E-state index contributed by atoms with van der Waals surface area (Å²) in [7, 11) is 0. The predicted molar refractivity (Wildman–Crippen MR) is 98.1 cm³/mol. The Morgan fingerprint density at radius 1 is 1.04 bits per heavy atom. The van der Waals surface area contributed by atoms with Gasteiger partial charge in [-0.3, -0.25) is 4.40 Å². The third-order valence-electron chi connectivity index (χ3n) is 4.78. The molecule has 0 aliphatic carbocycles. The molecular weight excluding hydrogens is 318 g/mol. The van der Waals surface area contributed by atoms with Crippen LogP contribution in [0.3, 0.4) is 0 Å². The molecule has 0 N–H and O–H groups in total. The Hall–Kier alpha value is -2.49. The molecule has 2 nitrogen and oxygen atoms in total. The summed E-state index contributed by atoms with van der Waals surface area (Å²) in [5.74, 6) is -1.11. The van der Waals surface area contributed by atoms with E-state index < -0.39 is 11.6 Å². The molecule has 0 amide bonds. The van der Waals surface area contributed by atoms with Crippen LogP contribution in [-0.2, 0) is 6.42 Å². The molecule has 0 saturated carbocycles. The van der Waals surface area contributed by atoms with Gasteiger partial charge in [0.2, 0.25) is 0 Å². The number of fused-ring (bicyclic) bond motifs is 6. The highest BCUT2D eigenvalue weighted by molar-refractivity contribution is 6.12. The maximum Gasteiger partial charge on any atom is 0.145 e. The van der Waals surface area contributed by atoms with Crippen LogP contribution in [0.25, 0.3) is 27.3 Å². The van der Waals surface area contributed by atoms with Crippen molar-refractivity contribution < 1.29 is 8.78 Å². The summed E-state index contributed by atoms with van der Waals surface area (Å²) in [6.07, 6.45) is 6.34. The number of benzene rings is 2. The van der Waals surface area contributed by atoms with Gasteiger partial charge in [0.05, 0.1) is 11.2 Å². The van der Waals surface area contributed by atoms with E-state index in [2.05, 4.69) is 18.0 Å². The van der Waals surface area contributed by atoms with Gasteiger partial charge in [0.1, 0.15) is 17.3 Å². The van der Waals surface area contributed by atoms with Crippen LogP contribution in [0.1, 0.15) is 37.4 Å². The van der Waals surface area contributed by atoms with E-state index in [9.17, 15) is 8.78 Å². The van der Waals surface area contributed by atoms with Gasteiger partial charge in [0, 0.05) is 28.4 Å². The Morgan fingerprint density at radius 2 is 1.88 bits per heavy atom. The summed E-state index contributed by atoms with van der Waals surface area (Å²) >= 11 is 0. The number of rotatable bonds is 4. The molecule has 0 atom stereocenters. The van der Waals surface area contributed by atoms with Gasteiger partial charge < -0.3 is 0 Å². The highest BCUT2D eigenvalue weighted by Crippen LogP contribution is 2.33. The van der Waals surface area contributed by atoms with Crippen LogP contribution in [0.15, 0.2) is 36.5 Å². The molecule has 4 rings (SSSR count). The number of unbranched alkanes of at least 4 members (excludes halogenated alkanes) is 2. The quantitative estimate of drug-likeness (QED) is 0.331. The van der Waals surface area contributed by atoms with Crippen molar-refractivity contribution in [1.82, 2.24) is 9.38 Å². The fraction of sp³-hybridized carbons (Fsp3) is 0.286. The van der Waals surface area contributed by atoms with Crippen LogP contribution in [0, 0.1) is 18.6 Å². The number of pyridine rings is 1. The third kappa shape index (κ3) is 2.66. The molecule has 0 unspecified atom stereocenters. The Bertz CT molecular complexity index is 1100. The van der Waals surface area contributed by atoms with E-state index >= 15 is 0 Å². The first-order valence-electron chi connectivity index (χ1n) is 8.77. The van der Waals surface area contributed by atoms with Crippen molar-refractivity contribution >= 4 is 27.3 Å². The lowest BCUT2D eigenvalue weighted by atomic mass is 10.0. The second-order valence-electron chi connectivity index (χ2n) is 6.69. The van der Waals surface area contributed by atoms with Crippen molar-refractivity contribution in [3.63, 3.8) is 0 Å². The molecule has 0 saturated heterocycles. The van der Waals surface area contributed by atoms with Gasteiger partial charge >= 0.3 is 0 Å². The average Bonchev–Trinajstić information content (AvgIpc) is 2.96.